The van der Waals surface area contributed by atoms with Gasteiger partial charge in [0.25, 0.3) is 0 Å². The van der Waals surface area contributed by atoms with Crippen LogP contribution in [-0.2, 0) is 19.5 Å². The molecule has 0 fully saturated rings. The minimum Gasteiger partial charge on any atom is -0.304 e. The Bertz CT molecular complexity index is 808. The largest absolute Gasteiger partial charge is 0.304 e. The van der Waals surface area contributed by atoms with Crippen LogP contribution in [0.25, 0.3) is 0 Å². The van der Waals surface area contributed by atoms with Crippen LogP contribution in [0, 0.1) is 5.82 Å². The molecule has 0 aliphatic rings. The van der Waals surface area contributed by atoms with Crippen molar-refractivity contribution in [2.45, 2.75) is 39.3 Å². The molecule has 0 aliphatic heterocycles. The lowest BCUT2D eigenvalue weighted by molar-refractivity contribution is 0.219. The molecule has 2 nitrogen and oxygen atoms in total. The van der Waals surface area contributed by atoms with Crippen LogP contribution in [0.1, 0.15) is 36.5 Å². The molecule has 0 amide bonds. The van der Waals surface area contributed by atoms with Crippen LogP contribution in [0.4, 0.5) is 4.39 Å². The molecule has 3 rings (SSSR count). The maximum absolute atomic E-state index is 13.1. The molecule has 0 N–H and O–H groups in total. The van der Waals surface area contributed by atoms with Gasteiger partial charge < -0.3 is 4.90 Å². The van der Waals surface area contributed by atoms with E-state index in [1.165, 1.54) is 16.7 Å². The van der Waals surface area contributed by atoms with Gasteiger partial charge in [-0.05, 0) is 67.7 Å². The van der Waals surface area contributed by atoms with E-state index in [1.807, 2.05) is 12.1 Å². The zero-order valence-corrected chi connectivity index (χ0v) is 18.7. The van der Waals surface area contributed by atoms with E-state index in [-0.39, 0.29) is 5.82 Å². The lowest BCUT2D eigenvalue weighted by atomic mass is 10.1. The Morgan fingerprint density at radius 3 is 1.65 bits per heavy atom. The molecule has 3 heteroatoms. The Kier molecular flexibility index (Phi) is 9.75. The Hall–Kier alpha value is -2.49. The van der Waals surface area contributed by atoms with Crippen molar-refractivity contribution in [3.05, 3.63) is 107 Å². The molecule has 0 aliphatic carbocycles. The van der Waals surface area contributed by atoms with Crippen LogP contribution in [-0.4, -0.2) is 36.0 Å². The number of hydrogen-bond donors (Lipinski definition) is 0. The summed E-state index contributed by atoms with van der Waals surface area (Å²) in [6.07, 6.45) is 3.27. The monoisotopic (exact) mass is 418 g/mol. The van der Waals surface area contributed by atoms with Crippen LogP contribution >= 0.6 is 0 Å². The summed E-state index contributed by atoms with van der Waals surface area (Å²) in [6.45, 7) is 8.55. The lowest BCUT2D eigenvalue weighted by Crippen LogP contribution is -2.30. The summed E-state index contributed by atoms with van der Waals surface area (Å²) in [5.41, 5.74) is 3.95. The quantitative estimate of drug-likeness (QED) is 0.327. The van der Waals surface area contributed by atoms with Crippen molar-refractivity contribution in [1.29, 1.82) is 0 Å². The number of benzene rings is 3. The Morgan fingerprint density at radius 1 is 0.581 bits per heavy atom. The fourth-order valence-corrected chi connectivity index (χ4v) is 4.00. The zero-order chi connectivity index (χ0) is 21.7. The molecule has 3 aromatic carbocycles. The van der Waals surface area contributed by atoms with E-state index in [4.69, 9.17) is 0 Å². The van der Waals surface area contributed by atoms with E-state index in [9.17, 15) is 4.39 Å². The van der Waals surface area contributed by atoms with Crippen LogP contribution in [0.5, 0.6) is 0 Å². The highest BCUT2D eigenvalue weighted by atomic mass is 19.1. The molecule has 0 aromatic heterocycles. The maximum atomic E-state index is 13.1. The second kappa shape index (κ2) is 13.0. The van der Waals surface area contributed by atoms with Gasteiger partial charge in [0.1, 0.15) is 5.82 Å². The molecule has 0 atom stereocenters. The van der Waals surface area contributed by atoms with Crippen LogP contribution in [0.3, 0.4) is 0 Å². The van der Waals surface area contributed by atoms with E-state index in [0.29, 0.717) is 0 Å². The smallest absolute Gasteiger partial charge is 0.123 e. The third kappa shape index (κ3) is 8.64. The van der Waals surface area contributed by atoms with Gasteiger partial charge in [0.2, 0.25) is 0 Å². The van der Waals surface area contributed by atoms with E-state index >= 15 is 0 Å². The molecule has 0 heterocycles. The van der Waals surface area contributed by atoms with Crippen molar-refractivity contribution in [1.82, 2.24) is 9.80 Å². The fraction of sp³-hybridized carbons (Fsp3) is 0.357. The molecule has 0 spiro atoms. The minimum absolute atomic E-state index is 0.158. The number of nitrogens with zero attached hydrogens (tertiary/aromatic N) is 2. The van der Waals surface area contributed by atoms with Crippen molar-refractivity contribution in [3.8, 4) is 0 Å². The predicted molar refractivity (Wildman–Crippen MR) is 128 cm³/mol. The molecule has 31 heavy (non-hydrogen) atoms. The standard InChI is InChI=1S/C28H35FN2/c1-2-30(20-9-15-25-16-18-28(29)19-17-25)21-10-22-31(23-26-11-5-3-6-12-26)24-27-13-7-4-8-14-27/h3-8,11-14,16-19H,2,9-10,15,20-24H2,1H3. The third-order valence-electron chi connectivity index (χ3n) is 5.75. The second-order valence-electron chi connectivity index (χ2n) is 8.20. The highest BCUT2D eigenvalue weighted by Crippen LogP contribution is 2.11. The first-order valence-corrected chi connectivity index (χ1v) is 11.5. The van der Waals surface area contributed by atoms with E-state index < -0.39 is 0 Å². The van der Waals surface area contributed by atoms with Gasteiger partial charge in [-0.1, -0.05) is 79.7 Å². The summed E-state index contributed by atoms with van der Waals surface area (Å²) in [4.78, 5) is 5.09. The minimum atomic E-state index is -0.158. The van der Waals surface area contributed by atoms with Crippen LogP contribution in [0.15, 0.2) is 84.9 Å². The van der Waals surface area contributed by atoms with Crippen molar-refractivity contribution in [2.24, 2.45) is 0 Å². The summed E-state index contributed by atoms with van der Waals surface area (Å²) in [5.74, 6) is -0.158. The number of rotatable bonds is 13. The normalized spacial score (nSPS) is 11.4. The van der Waals surface area contributed by atoms with Crippen LogP contribution < -0.4 is 0 Å². The third-order valence-corrected chi connectivity index (χ3v) is 5.75. The van der Waals surface area contributed by atoms with Gasteiger partial charge in [0.15, 0.2) is 0 Å². The zero-order valence-electron chi connectivity index (χ0n) is 18.7. The van der Waals surface area contributed by atoms with Gasteiger partial charge in [0.05, 0.1) is 0 Å². The van der Waals surface area contributed by atoms with Gasteiger partial charge in [0, 0.05) is 19.6 Å². The average Bonchev–Trinajstić information content (AvgIpc) is 2.80. The Labute approximate surface area is 187 Å². The molecule has 3 aromatic rings. The highest BCUT2D eigenvalue weighted by Gasteiger charge is 2.09. The van der Waals surface area contributed by atoms with E-state index in [0.717, 1.165) is 58.5 Å². The predicted octanol–water partition coefficient (Wildman–Crippen LogP) is 6.17. The first-order valence-electron chi connectivity index (χ1n) is 11.5. The van der Waals surface area contributed by atoms with Crippen LogP contribution in [0.2, 0.25) is 0 Å². The average molecular weight is 419 g/mol. The summed E-state index contributed by atoms with van der Waals surface area (Å²) in [5, 5.41) is 0. The number of aryl methyl sites for hydroxylation is 1. The van der Waals surface area contributed by atoms with Gasteiger partial charge in [-0.15, -0.1) is 0 Å². The number of halogens is 1. The molecule has 0 unspecified atom stereocenters. The second-order valence-corrected chi connectivity index (χ2v) is 8.20. The first-order chi connectivity index (χ1) is 15.2. The molecule has 0 saturated carbocycles. The van der Waals surface area contributed by atoms with Gasteiger partial charge in [-0.25, -0.2) is 4.39 Å². The van der Waals surface area contributed by atoms with Crippen molar-refractivity contribution >= 4 is 0 Å². The van der Waals surface area contributed by atoms with Crippen molar-refractivity contribution in [3.63, 3.8) is 0 Å². The van der Waals surface area contributed by atoms with Gasteiger partial charge >= 0.3 is 0 Å². The van der Waals surface area contributed by atoms with Crippen molar-refractivity contribution in [2.75, 3.05) is 26.2 Å². The lowest BCUT2D eigenvalue weighted by Gasteiger charge is -2.25. The Balaban J connectivity index is 1.46. The summed E-state index contributed by atoms with van der Waals surface area (Å²) in [7, 11) is 0. The summed E-state index contributed by atoms with van der Waals surface area (Å²) < 4.78 is 13.1. The van der Waals surface area contributed by atoms with Gasteiger partial charge in [-0.2, -0.15) is 0 Å². The molecular formula is C28H35FN2. The molecular weight excluding hydrogens is 383 g/mol. The van der Waals surface area contributed by atoms with Crippen molar-refractivity contribution < 1.29 is 4.39 Å². The number of hydrogen-bond acceptors (Lipinski definition) is 2. The maximum Gasteiger partial charge on any atom is 0.123 e. The molecule has 164 valence electrons. The SMILES string of the molecule is CCN(CCCc1ccc(F)cc1)CCCN(Cc1ccccc1)Cc1ccccc1. The van der Waals surface area contributed by atoms with Gasteiger partial charge in [-0.3, -0.25) is 4.90 Å². The van der Waals surface area contributed by atoms with E-state index in [2.05, 4.69) is 77.4 Å². The molecule has 0 bridgehead atoms. The molecule has 0 saturated heterocycles. The summed E-state index contributed by atoms with van der Waals surface area (Å²) in [6, 6.07) is 28.4. The first kappa shape index (κ1) is 23.2. The summed E-state index contributed by atoms with van der Waals surface area (Å²) >= 11 is 0. The topological polar surface area (TPSA) is 6.48 Å². The molecule has 0 radical (unpaired) electrons. The Morgan fingerprint density at radius 2 is 1.10 bits per heavy atom. The fourth-order valence-electron chi connectivity index (χ4n) is 4.00. The van der Waals surface area contributed by atoms with E-state index in [1.54, 1.807) is 12.1 Å². The highest BCUT2D eigenvalue weighted by molar-refractivity contribution is 5.17.